The van der Waals surface area contributed by atoms with Crippen LogP contribution in [0.5, 0.6) is 11.5 Å². The fraction of sp³-hybridized carbons (Fsp3) is 0.259. The highest BCUT2D eigenvalue weighted by Crippen LogP contribution is 2.27. The van der Waals surface area contributed by atoms with Gasteiger partial charge < -0.3 is 9.47 Å². The molecule has 190 valence electrons. The zero-order valence-electron chi connectivity index (χ0n) is 20.6. The molecule has 0 aliphatic heterocycles. The monoisotopic (exact) mass is 509 g/mol. The first-order valence-electron chi connectivity index (χ1n) is 11.6. The summed E-state index contributed by atoms with van der Waals surface area (Å²) in [4.78, 5) is 13.1. The van der Waals surface area contributed by atoms with Gasteiger partial charge in [0.1, 0.15) is 6.04 Å². The van der Waals surface area contributed by atoms with Crippen LogP contribution < -0.4 is 19.6 Å². The van der Waals surface area contributed by atoms with Crippen molar-refractivity contribution in [3.05, 3.63) is 89.5 Å². The minimum Gasteiger partial charge on any atom is -0.493 e. The lowest BCUT2D eigenvalue weighted by Gasteiger charge is -2.17. The Bertz CT molecular complexity index is 1280. The Kier molecular flexibility index (Phi) is 9.61. The largest absolute Gasteiger partial charge is 0.493 e. The van der Waals surface area contributed by atoms with Crippen LogP contribution in [-0.2, 0) is 21.2 Å². The molecule has 3 rings (SSSR count). The van der Waals surface area contributed by atoms with Crippen LogP contribution in [0.3, 0.4) is 0 Å². The number of sulfonamides is 1. The number of carbonyl (C=O) groups is 1. The van der Waals surface area contributed by atoms with Crippen LogP contribution in [0, 0.1) is 6.92 Å². The van der Waals surface area contributed by atoms with Gasteiger partial charge in [0.05, 0.1) is 24.8 Å². The van der Waals surface area contributed by atoms with E-state index in [1.807, 2.05) is 44.2 Å². The Balaban J connectivity index is 1.75. The van der Waals surface area contributed by atoms with E-state index in [9.17, 15) is 13.2 Å². The average molecular weight is 510 g/mol. The number of aryl methyl sites for hydroxylation is 1. The summed E-state index contributed by atoms with van der Waals surface area (Å²) in [5, 5.41) is 4.03. The molecule has 1 amide bonds. The summed E-state index contributed by atoms with van der Waals surface area (Å²) in [6, 6.07) is 19.8. The number of rotatable bonds is 12. The van der Waals surface area contributed by atoms with E-state index in [0.717, 1.165) is 17.5 Å². The van der Waals surface area contributed by atoms with Gasteiger partial charge in [0.2, 0.25) is 10.0 Å². The lowest BCUT2D eigenvalue weighted by Crippen LogP contribution is -2.46. The third-order valence-corrected chi connectivity index (χ3v) is 6.75. The highest BCUT2D eigenvalue weighted by atomic mass is 32.2. The van der Waals surface area contributed by atoms with E-state index in [-0.39, 0.29) is 11.3 Å². The number of nitrogens with zero attached hydrogens (tertiary/aromatic N) is 1. The van der Waals surface area contributed by atoms with Gasteiger partial charge in [-0.25, -0.2) is 13.8 Å². The molecule has 0 bridgehead atoms. The quantitative estimate of drug-likeness (QED) is 0.285. The van der Waals surface area contributed by atoms with Crippen molar-refractivity contribution in [3.8, 4) is 11.5 Å². The molecule has 0 saturated heterocycles. The van der Waals surface area contributed by atoms with Crippen LogP contribution in [-0.4, -0.2) is 40.3 Å². The second kappa shape index (κ2) is 12.9. The summed E-state index contributed by atoms with van der Waals surface area (Å²) < 4.78 is 39.5. The number of nitrogens with one attached hydrogen (secondary N) is 2. The first kappa shape index (κ1) is 26.9. The predicted molar refractivity (Wildman–Crippen MR) is 140 cm³/mol. The van der Waals surface area contributed by atoms with Crippen LogP contribution in [0.15, 0.2) is 82.8 Å². The van der Waals surface area contributed by atoms with Crippen LogP contribution >= 0.6 is 0 Å². The van der Waals surface area contributed by atoms with Crippen molar-refractivity contribution in [2.75, 3.05) is 13.7 Å². The molecule has 0 heterocycles. The molecule has 8 nitrogen and oxygen atoms in total. The van der Waals surface area contributed by atoms with Gasteiger partial charge in [-0.05, 0) is 61.2 Å². The summed E-state index contributed by atoms with van der Waals surface area (Å²) in [5.74, 6) is 0.584. The van der Waals surface area contributed by atoms with Gasteiger partial charge in [0, 0.05) is 0 Å². The molecule has 0 saturated carbocycles. The van der Waals surface area contributed by atoms with E-state index in [4.69, 9.17) is 9.47 Å². The maximum Gasteiger partial charge on any atom is 0.258 e. The van der Waals surface area contributed by atoms with Gasteiger partial charge in [0.25, 0.3) is 5.91 Å². The van der Waals surface area contributed by atoms with E-state index in [0.29, 0.717) is 23.7 Å². The normalized spacial score (nSPS) is 12.3. The van der Waals surface area contributed by atoms with Gasteiger partial charge in [-0.15, -0.1) is 0 Å². The number of carbonyl (C=O) groups excluding carboxylic acids is 1. The molecule has 36 heavy (non-hydrogen) atoms. The second-order valence-electron chi connectivity index (χ2n) is 8.17. The fourth-order valence-corrected chi connectivity index (χ4v) is 4.55. The number of hydrogen-bond acceptors (Lipinski definition) is 6. The number of ether oxygens (including phenoxy) is 2. The van der Waals surface area contributed by atoms with E-state index in [1.165, 1.54) is 18.3 Å². The Morgan fingerprint density at radius 2 is 1.75 bits per heavy atom. The molecule has 0 aromatic heterocycles. The van der Waals surface area contributed by atoms with Crippen LogP contribution in [0.1, 0.15) is 30.0 Å². The van der Waals surface area contributed by atoms with Gasteiger partial charge in [-0.2, -0.15) is 9.82 Å². The SMILES string of the molecule is CCCOc1ccc(/C=N\NC(=O)[C@H](Cc2ccccc2)NS(=O)(=O)c2ccc(C)cc2)cc1OC. The van der Waals surface area contributed by atoms with Crippen molar-refractivity contribution >= 4 is 22.1 Å². The minimum atomic E-state index is -3.93. The summed E-state index contributed by atoms with van der Waals surface area (Å²) in [7, 11) is -2.39. The van der Waals surface area contributed by atoms with Crippen molar-refractivity contribution in [2.24, 2.45) is 5.10 Å². The van der Waals surface area contributed by atoms with Gasteiger partial charge in [-0.1, -0.05) is 55.0 Å². The topological polar surface area (TPSA) is 106 Å². The van der Waals surface area contributed by atoms with Crippen LogP contribution in [0.25, 0.3) is 0 Å². The molecular weight excluding hydrogens is 478 g/mol. The number of methoxy groups -OCH3 is 1. The summed E-state index contributed by atoms with van der Waals surface area (Å²) in [5.41, 5.74) is 4.87. The molecule has 0 fully saturated rings. The van der Waals surface area contributed by atoms with E-state index in [1.54, 1.807) is 37.4 Å². The summed E-state index contributed by atoms with van der Waals surface area (Å²) in [6.45, 7) is 4.46. The lowest BCUT2D eigenvalue weighted by molar-refractivity contribution is -0.122. The third-order valence-electron chi connectivity index (χ3n) is 5.27. The molecule has 0 aliphatic rings. The molecule has 2 N–H and O–H groups in total. The molecule has 3 aromatic carbocycles. The van der Waals surface area contributed by atoms with Crippen molar-refractivity contribution in [1.82, 2.24) is 10.1 Å². The molecule has 0 aliphatic carbocycles. The van der Waals surface area contributed by atoms with Gasteiger partial charge in [0.15, 0.2) is 11.5 Å². The second-order valence-corrected chi connectivity index (χ2v) is 9.88. The van der Waals surface area contributed by atoms with Crippen LogP contribution in [0.2, 0.25) is 0 Å². The first-order chi connectivity index (χ1) is 17.3. The highest BCUT2D eigenvalue weighted by molar-refractivity contribution is 7.89. The number of hydrazone groups is 1. The zero-order chi connectivity index (χ0) is 26.0. The van der Waals surface area contributed by atoms with E-state index < -0.39 is 22.0 Å². The first-order valence-corrected chi connectivity index (χ1v) is 13.1. The highest BCUT2D eigenvalue weighted by Gasteiger charge is 2.26. The third kappa shape index (κ3) is 7.66. The smallest absolute Gasteiger partial charge is 0.258 e. The Morgan fingerprint density at radius 1 is 1.03 bits per heavy atom. The minimum absolute atomic E-state index is 0.0833. The lowest BCUT2D eigenvalue weighted by atomic mass is 10.1. The van der Waals surface area contributed by atoms with Gasteiger partial charge >= 0.3 is 0 Å². The maximum absolute atomic E-state index is 13.0. The molecule has 1 atom stereocenters. The van der Waals surface area contributed by atoms with Crippen molar-refractivity contribution in [3.63, 3.8) is 0 Å². The Labute approximate surface area is 212 Å². The van der Waals surface area contributed by atoms with E-state index >= 15 is 0 Å². The Morgan fingerprint density at radius 3 is 2.42 bits per heavy atom. The molecule has 0 radical (unpaired) electrons. The van der Waals surface area contributed by atoms with Crippen molar-refractivity contribution < 1.29 is 22.7 Å². The van der Waals surface area contributed by atoms with Gasteiger partial charge in [-0.3, -0.25) is 4.79 Å². The number of amides is 1. The van der Waals surface area contributed by atoms with Crippen molar-refractivity contribution in [2.45, 2.75) is 37.6 Å². The zero-order valence-corrected chi connectivity index (χ0v) is 21.4. The van der Waals surface area contributed by atoms with Crippen molar-refractivity contribution in [1.29, 1.82) is 0 Å². The predicted octanol–water partition coefficient (Wildman–Crippen LogP) is 3.83. The number of hydrogen-bond donors (Lipinski definition) is 2. The average Bonchev–Trinajstić information content (AvgIpc) is 2.88. The molecule has 0 spiro atoms. The summed E-state index contributed by atoms with van der Waals surface area (Å²) >= 11 is 0. The molecule has 9 heteroatoms. The molecule has 0 unspecified atom stereocenters. The summed E-state index contributed by atoms with van der Waals surface area (Å²) in [6.07, 6.45) is 2.48. The fourth-order valence-electron chi connectivity index (χ4n) is 3.35. The Hall–Kier alpha value is -3.69. The maximum atomic E-state index is 13.0. The standard InChI is InChI=1S/C27H31N3O5S/c1-4-16-35-25-15-12-22(18-26(25)34-3)19-28-29-27(31)24(17-21-8-6-5-7-9-21)30-36(32,33)23-13-10-20(2)11-14-23/h5-15,18-19,24,30H,4,16-17H2,1-3H3,(H,29,31)/b28-19-/t24-/m0/s1. The van der Waals surface area contributed by atoms with Crippen LogP contribution in [0.4, 0.5) is 0 Å². The molecule has 3 aromatic rings. The van der Waals surface area contributed by atoms with E-state index in [2.05, 4.69) is 15.2 Å². The number of benzene rings is 3. The molecular formula is C27H31N3O5S.